The molecule has 0 radical (unpaired) electrons. The summed E-state index contributed by atoms with van der Waals surface area (Å²) < 4.78 is 5.82. The third-order valence-electron chi connectivity index (χ3n) is 6.21. The molecule has 2 saturated heterocycles. The number of hydrogen-bond acceptors (Lipinski definition) is 5. The number of nitrogens with zero attached hydrogens (tertiary/aromatic N) is 4. The Kier molecular flexibility index (Phi) is 8.93. The fourth-order valence-electron chi connectivity index (χ4n) is 4.40. The van der Waals surface area contributed by atoms with Crippen LogP contribution in [0.5, 0.6) is 0 Å². The maximum Gasteiger partial charge on any atom is 0.243 e. The van der Waals surface area contributed by atoms with Gasteiger partial charge in [-0.1, -0.05) is 19.3 Å². The normalized spacial score (nSPS) is 23.2. The van der Waals surface area contributed by atoms with Crippen LogP contribution in [0.25, 0.3) is 0 Å². The minimum atomic E-state index is 0.0522. The number of hydrogen-bond donors (Lipinski definition) is 1. The second kappa shape index (κ2) is 11.4. The van der Waals surface area contributed by atoms with Gasteiger partial charge in [-0.3, -0.25) is 9.69 Å². The SMILES string of the molecule is CN(C)C(=O)CN=C(NCCCN1CCOCC1)N1CCSC2(CCCCC2)C1. The number of carbonyl (C=O) groups excluding carboxylic acids is 1. The van der Waals surface area contributed by atoms with Crippen LogP contribution in [0.4, 0.5) is 0 Å². The fourth-order valence-corrected chi connectivity index (χ4v) is 5.97. The Hall–Kier alpha value is -0.990. The van der Waals surface area contributed by atoms with Crippen molar-refractivity contribution in [3.05, 3.63) is 0 Å². The van der Waals surface area contributed by atoms with Gasteiger partial charge in [-0.05, 0) is 25.8 Å². The summed E-state index contributed by atoms with van der Waals surface area (Å²) in [6.07, 6.45) is 7.78. The maximum atomic E-state index is 12.1. The Balaban J connectivity index is 1.56. The molecule has 0 atom stereocenters. The Bertz CT molecular complexity index is 540. The molecule has 0 aromatic carbocycles. The molecule has 3 rings (SSSR count). The molecule has 8 heteroatoms. The predicted octanol–water partition coefficient (Wildman–Crippen LogP) is 1.49. The van der Waals surface area contributed by atoms with E-state index >= 15 is 0 Å². The largest absolute Gasteiger partial charge is 0.379 e. The summed E-state index contributed by atoms with van der Waals surface area (Å²) in [5, 5.41) is 3.58. The molecule has 0 aromatic heterocycles. The van der Waals surface area contributed by atoms with Crippen LogP contribution in [0.2, 0.25) is 0 Å². The monoisotopic (exact) mass is 425 g/mol. The minimum absolute atomic E-state index is 0.0522. The van der Waals surface area contributed by atoms with Crippen molar-refractivity contribution in [2.45, 2.75) is 43.3 Å². The lowest BCUT2D eigenvalue weighted by Gasteiger charge is -2.45. The second-order valence-corrected chi connectivity index (χ2v) is 10.2. The van der Waals surface area contributed by atoms with Crippen LogP contribution in [0, 0.1) is 0 Å². The maximum absolute atomic E-state index is 12.1. The first kappa shape index (κ1) is 22.7. The molecule has 1 saturated carbocycles. The highest BCUT2D eigenvalue weighted by Crippen LogP contribution is 2.42. The zero-order chi connectivity index (χ0) is 20.5. The number of carbonyl (C=O) groups is 1. The van der Waals surface area contributed by atoms with Gasteiger partial charge in [-0.25, -0.2) is 4.99 Å². The van der Waals surface area contributed by atoms with Crippen LogP contribution in [0.3, 0.4) is 0 Å². The van der Waals surface area contributed by atoms with Gasteiger partial charge in [0.05, 0.1) is 13.2 Å². The summed E-state index contributed by atoms with van der Waals surface area (Å²) in [6, 6.07) is 0. The van der Waals surface area contributed by atoms with E-state index in [9.17, 15) is 4.79 Å². The van der Waals surface area contributed by atoms with Gasteiger partial charge in [0.25, 0.3) is 0 Å². The lowest BCUT2D eigenvalue weighted by atomic mass is 9.87. The van der Waals surface area contributed by atoms with E-state index in [2.05, 4.69) is 26.9 Å². The Morgan fingerprint density at radius 1 is 1.17 bits per heavy atom. The number of thioether (sulfide) groups is 1. The van der Waals surface area contributed by atoms with Crippen molar-refractivity contribution in [3.63, 3.8) is 0 Å². The summed E-state index contributed by atoms with van der Waals surface area (Å²) in [7, 11) is 3.59. The molecule has 0 aromatic rings. The highest BCUT2D eigenvalue weighted by Gasteiger charge is 2.38. The van der Waals surface area contributed by atoms with Gasteiger partial charge in [0.2, 0.25) is 5.91 Å². The second-order valence-electron chi connectivity index (χ2n) is 8.68. The number of amides is 1. The van der Waals surface area contributed by atoms with Crippen molar-refractivity contribution >= 4 is 23.6 Å². The first-order valence-electron chi connectivity index (χ1n) is 11.3. The predicted molar refractivity (Wildman–Crippen MR) is 121 cm³/mol. The number of rotatable bonds is 6. The molecule has 29 heavy (non-hydrogen) atoms. The van der Waals surface area contributed by atoms with Crippen molar-refractivity contribution in [1.29, 1.82) is 0 Å². The average Bonchev–Trinajstić information content (AvgIpc) is 2.74. The lowest BCUT2D eigenvalue weighted by Crippen LogP contribution is -2.54. The van der Waals surface area contributed by atoms with Gasteiger partial charge in [-0.15, -0.1) is 0 Å². The molecule has 0 unspecified atom stereocenters. The molecule has 166 valence electrons. The third kappa shape index (κ3) is 7.03. The van der Waals surface area contributed by atoms with Crippen LogP contribution < -0.4 is 5.32 Å². The van der Waals surface area contributed by atoms with Gasteiger partial charge < -0.3 is 19.9 Å². The van der Waals surface area contributed by atoms with E-state index in [1.165, 1.54) is 32.1 Å². The molecule has 2 aliphatic heterocycles. The molecule has 3 aliphatic rings. The highest BCUT2D eigenvalue weighted by atomic mass is 32.2. The van der Waals surface area contributed by atoms with Crippen LogP contribution in [-0.2, 0) is 9.53 Å². The van der Waals surface area contributed by atoms with E-state index < -0.39 is 0 Å². The summed E-state index contributed by atoms with van der Waals surface area (Å²) in [5.41, 5.74) is 0. The average molecular weight is 426 g/mol. The summed E-state index contributed by atoms with van der Waals surface area (Å²) >= 11 is 2.17. The zero-order valence-electron chi connectivity index (χ0n) is 18.3. The van der Waals surface area contributed by atoms with E-state index in [-0.39, 0.29) is 12.5 Å². The number of morpholine rings is 1. The van der Waals surface area contributed by atoms with E-state index in [0.717, 1.165) is 70.6 Å². The van der Waals surface area contributed by atoms with Crippen LogP contribution >= 0.6 is 11.8 Å². The molecule has 2 heterocycles. The van der Waals surface area contributed by atoms with Crippen molar-refractivity contribution in [2.24, 2.45) is 4.99 Å². The van der Waals surface area contributed by atoms with E-state index in [1.54, 1.807) is 19.0 Å². The number of guanidine groups is 1. The number of likely N-dealkylation sites (N-methyl/N-ethyl adjacent to an activating group) is 1. The van der Waals surface area contributed by atoms with Gasteiger partial charge in [0.1, 0.15) is 6.54 Å². The highest BCUT2D eigenvalue weighted by molar-refractivity contribution is 8.00. The Labute approximate surface area is 180 Å². The molecule has 1 spiro atoms. The van der Waals surface area contributed by atoms with Gasteiger partial charge in [0.15, 0.2) is 5.96 Å². The standard InChI is InChI=1S/C21H39N5O2S/c1-24(2)19(27)17-23-20(22-9-6-10-25-11-14-28-15-12-25)26-13-16-29-21(18-26)7-4-3-5-8-21/h3-18H2,1-2H3,(H,22,23). The molecule has 0 bridgehead atoms. The number of nitrogens with one attached hydrogen (secondary N) is 1. The third-order valence-corrected chi connectivity index (χ3v) is 7.75. The van der Waals surface area contributed by atoms with E-state index in [1.807, 2.05) is 0 Å². The molecule has 3 fully saturated rings. The van der Waals surface area contributed by atoms with Gasteiger partial charge in [-0.2, -0.15) is 11.8 Å². The summed E-state index contributed by atoms with van der Waals surface area (Å²) in [4.78, 5) is 23.3. The lowest BCUT2D eigenvalue weighted by molar-refractivity contribution is -0.127. The van der Waals surface area contributed by atoms with Crippen molar-refractivity contribution in [3.8, 4) is 0 Å². The summed E-state index contributed by atoms with van der Waals surface area (Å²) in [5.74, 6) is 2.12. The number of ether oxygens (including phenoxy) is 1. The number of aliphatic imine (C=N–C) groups is 1. The van der Waals surface area contributed by atoms with Crippen LogP contribution in [0.15, 0.2) is 4.99 Å². The molecule has 1 N–H and O–H groups in total. The first-order chi connectivity index (χ1) is 14.1. The fraction of sp³-hybridized carbons (Fsp3) is 0.905. The molecule has 1 amide bonds. The molecule has 7 nitrogen and oxygen atoms in total. The van der Waals surface area contributed by atoms with E-state index in [4.69, 9.17) is 9.73 Å². The molecular weight excluding hydrogens is 386 g/mol. The van der Waals surface area contributed by atoms with E-state index in [0.29, 0.717) is 4.75 Å². The quantitative estimate of drug-likeness (QED) is 0.395. The van der Waals surface area contributed by atoms with Gasteiger partial charge in [0, 0.05) is 57.3 Å². The Morgan fingerprint density at radius 3 is 2.66 bits per heavy atom. The Morgan fingerprint density at radius 2 is 1.93 bits per heavy atom. The van der Waals surface area contributed by atoms with Crippen molar-refractivity contribution in [2.75, 3.05) is 78.9 Å². The zero-order valence-corrected chi connectivity index (χ0v) is 19.1. The topological polar surface area (TPSA) is 60.4 Å². The van der Waals surface area contributed by atoms with Crippen LogP contribution in [-0.4, -0.2) is 110 Å². The first-order valence-corrected chi connectivity index (χ1v) is 12.2. The smallest absolute Gasteiger partial charge is 0.243 e. The van der Waals surface area contributed by atoms with Crippen molar-refractivity contribution < 1.29 is 9.53 Å². The van der Waals surface area contributed by atoms with Crippen molar-refractivity contribution in [1.82, 2.24) is 20.0 Å². The summed E-state index contributed by atoms with van der Waals surface area (Å²) in [6.45, 7) is 8.02. The van der Waals surface area contributed by atoms with Crippen LogP contribution in [0.1, 0.15) is 38.5 Å². The van der Waals surface area contributed by atoms with Gasteiger partial charge >= 0.3 is 0 Å². The minimum Gasteiger partial charge on any atom is -0.379 e. The molecular formula is C21H39N5O2S. The molecule has 1 aliphatic carbocycles.